The minimum atomic E-state index is -3.75. The molecule has 33 heavy (non-hydrogen) atoms. The van der Waals surface area contributed by atoms with Crippen LogP contribution in [-0.2, 0) is 19.6 Å². The fraction of sp³-hybridized carbons (Fsp3) is 0.120. The lowest BCUT2D eigenvalue weighted by atomic mass is 9.93. The SMILES string of the molecule is CC(=O)N1C=Cc2ccccc2C1CC(=O)Nc1ccc(S(=O)(=O)Nc2ccccc2)cc1. The molecule has 1 aliphatic rings. The van der Waals surface area contributed by atoms with E-state index in [1.807, 2.05) is 30.3 Å². The molecule has 1 aliphatic heterocycles. The van der Waals surface area contributed by atoms with Gasteiger partial charge in [0.2, 0.25) is 11.8 Å². The van der Waals surface area contributed by atoms with Crippen molar-refractivity contribution >= 4 is 39.3 Å². The van der Waals surface area contributed by atoms with Crippen molar-refractivity contribution < 1.29 is 18.0 Å². The van der Waals surface area contributed by atoms with Gasteiger partial charge in [-0.15, -0.1) is 0 Å². The summed E-state index contributed by atoms with van der Waals surface area (Å²) in [7, 11) is -3.75. The molecular formula is C25H23N3O4S. The fourth-order valence-corrected chi connectivity index (χ4v) is 4.80. The van der Waals surface area contributed by atoms with Crippen LogP contribution in [0.5, 0.6) is 0 Å². The topological polar surface area (TPSA) is 95.6 Å². The van der Waals surface area contributed by atoms with E-state index in [4.69, 9.17) is 0 Å². The highest BCUT2D eigenvalue weighted by Crippen LogP contribution is 2.33. The number of anilines is 2. The molecule has 3 aromatic rings. The van der Waals surface area contributed by atoms with E-state index in [1.54, 1.807) is 41.4 Å². The summed E-state index contributed by atoms with van der Waals surface area (Å²) in [5.74, 6) is -0.437. The number of hydrogen-bond donors (Lipinski definition) is 2. The lowest BCUT2D eigenvalue weighted by molar-refractivity contribution is -0.129. The highest BCUT2D eigenvalue weighted by Gasteiger charge is 2.28. The van der Waals surface area contributed by atoms with Gasteiger partial charge in [0.15, 0.2) is 0 Å². The number of hydrogen-bond acceptors (Lipinski definition) is 4. The first-order chi connectivity index (χ1) is 15.8. The summed E-state index contributed by atoms with van der Waals surface area (Å²) in [6.07, 6.45) is 3.62. The number of rotatable bonds is 6. The number of nitrogens with zero attached hydrogens (tertiary/aromatic N) is 1. The van der Waals surface area contributed by atoms with Crippen LogP contribution in [0.15, 0.2) is 90.0 Å². The Balaban J connectivity index is 1.45. The second kappa shape index (κ2) is 9.30. The van der Waals surface area contributed by atoms with E-state index < -0.39 is 16.1 Å². The van der Waals surface area contributed by atoms with E-state index in [-0.39, 0.29) is 23.1 Å². The van der Waals surface area contributed by atoms with Crippen LogP contribution >= 0.6 is 0 Å². The lowest BCUT2D eigenvalue weighted by Crippen LogP contribution is -2.33. The fourth-order valence-electron chi connectivity index (χ4n) is 3.74. The maximum atomic E-state index is 12.8. The smallest absolute Gasteiger partial charge is 0.261 e. The molecule has 0 aromatic heterocycles. The largest absolute Gasteiger partial charge is 0.326 e. The summed E-state index contributed by atoms with van der Waals surface area (Å²) >= 11 is 0. The molecule has 2 N–H and O–H groups in total. The van der Waals surface area contributed by atoms with Crippen molar-refractivity contribution in [3.05, 3.63) is 96.2 Å². The highest BCUT2D eigenvalue weighted by atomic mass is 32.2. The van der Waals surface area contributed by atoms with E-state index in [0.717, 1.165) is 11.1 Å². The van der Waals surface area contributed by atoms with Crippen LogP contribution < -0.4 is 10.0 Å². The molecule has 3 aromatic carbocycles. The zero-order valence-corrected chi connectivity index (χ0v) is 18.7. The van der Waals surface area contributed by atoms with E-state index in [1.165, 1.54) is 31.2 Å². The number of benzene rings is 3. The highest BCUT2D eigenvalue weighted by molar-refractivity contribution is 7.92. The summed E-state index contributed by atoms with van der Waals surface area (Å²) in [6, 6.07) is 21.8. The monoisotopic (exact) mass is 461 g/mol. The Morgan fingerprint density at radius 2 is 1.55 bits per heavy atom. The molecule has 0 bridgehead atoms. The molecule has 1 unspecified atom stereocenters. The van der Waals surface area contributed by atoms with E-state index in [0.29, 0.717) is 11.4 Å². The van der Waals surface area contributed by atoms with Crippen molar-refractivity contribution in [2.75, 3.05) is 10.0 Å². The molecule has 1 atom stereocenters. The molecule has 4 rings (SSSR count). The summed E-state index contributed by atoms with van der Waals surface area (Å²) in [4.78, 5) is 26.5. The van der Waals surface area contributed by atoms with Gasteiger partial charge in [-0.3, -0.25) is 14.3 Å². The average molecular weight is 462 g/mol. The van der Waals surface area contributed by atoms with E-state index in [9.17, 15) is 18.0 Å². The van der Waals surface area contributed by atoms with Gasteiger partial charge >= 0.3 is 0 Å². The first-order valence-electron chi connectivity index (χ1n) is 10.4. The molecule has 168 valence electrons. The van der Waals surface area contributed by atoms with E-state index in [2.05, 4.69) is 10.0 Å². The Morgan fingerprint density at radius 3 is 2.24 bits per heavy atom. The standard InChI is InChI=1S/C25H23N3O4S/c1-18(29)28-16-15-19-7-5-6-10-23(19)24(28)17-25(30)26-20-11-13-22(14-12-20)33(31,32)27-21-8-3-2-4-9-21/h2-16,24,27H,17H2,1H3,(H,26,30). The van der Waals surface area contributed by atoms with Gasteiger partial charge in [0, 0.05) is 24.5 Å². The van der Waals surface area contributed by atoms with Crippen LogP contribution in [0.4, 0.5) is 11.4 Å². The van der Waals surface area contributed by atoms with Crippen molar-refractivity contribution in [2.24, 2.45) is 0 Å². The maximum Gasteiger partial charge on any atom is 0.261 e. The quantitative estimate of drug-likeness (QED) is 0.569. The van der Waals surface area contributed by atoms with Crippen LogP contribution in [0.25, 0.3) is 6.08 Å². The van der Waals surface area contributed by atoms with Gasteiger partial charge in [-0.25, -0.2) is 8.42 Å². The molecule has 0 radical (unpaired) electrons. The zero-order chi connectivity index (χ0) is 23.4. The molecule has 2 amide bonds. The first kappa shape index (κ1) is 22.3. The lowest BCUT2D eigenvalue weighted by Gasteiger charge is -2.32. The molecule has 8 heteroatoms. The molecule has 0 saturated carbocycles. The second-order valence-electron chi connectivity index (χ2n) is 7.63. The maximum absolute atomic E-state index is 12.8. The summed E-state index contributed by atoms with van der Waals surface area (Å²) in [6.45, 7) is 1.46. The average Bonchev–Trinajstić information content (AvgIpc) is 2.80. The normalized spacial score (nSPS) is 14.9. The van der Waals surface area contributed by atoms with Crippen molar-refractivity contribution in [2.45, 2.75) is 24.3 Å². The van der Waals surface area contributed by atoms with Crippen molar-refractivity contribution in [1.82, 2.24) is 4.90 Å². The predicted octanol–water partition coefficient (Wildman–Crippen LogP) is 4.39. The number of para-hydroxylation sites is 1. The minimum absolute atomic E-state index is 0.0660. The number of fused-ring (bicyclic) bond motifs is 1. The van der Waals surface area contributed by atoms with Gasteiger partial charge in [0.25, 0.3) is 10.0 Å². The summed E-state index contributed by atoms with van der Waals surface area (Å²) < 4.78 is 27.7. The third-order valence-electron chi connectivity index (χ3n) is 5.32. The molecular weight excluding hydrogens is 438 g/mol. The van der Waals surface area contributed by atoms with Crippen molar-refractivity contribution in [3.8, 4) is 0 Å². The van der Waals surface area contributed by atoms with Crippen LogP contribution in [0, 0.1) is 0 Å². The van der Waals surface area contributed by atoms with Gasteiger partial charge in [-0.1, -0.05) is 42.5 Å². The van der Waals surface area contributed by atoms with E-state index >= 15 is 0 Å². The van der Waals surface area contributed by atoms with Crippen LogP contribution in [-0.4, -0.2) is 25.1 Å². The Labute approximate surface area is 192 Å². The number of sulfonamides is 1. The molecule has 0 aliphatic carbocycles. The first-order valence-corrected chi connectivity index (χ1v) is 11.9. The van der Waals surface area contributed by atoms with Crippen molar-refractivity contribution in [3.63, 3.8) is 0 Å². The van der Waals surface area contributed by atoms with Crippen molar-refractivity contribution in [1.29, 1.82) is 0 Å². The number of nitrogens with one attached hydrogen (secondary N) is 2. The Hall–Kier alpha value is -3.91. The predicted molar refractivity (Wildman–Crippen MR) is 128 cm³/mol. The Morgan fingerprint density at radius 1 is 0.879 bits per heavy atom. The number of amides is 2. The van der Waals surface area contributed by atoms with Gasteiger partial charge < -0.3 is 10.2 Å². The van der Waals surface area contributed by atoms with Crippen LogP contribution in [0.3, 0.4) is 0 Å². The molecule has 0 spiro atoms. The molecule has 0 fully saturated rings. The number of carbonyl (C=O) groups excluding carboxylic acids is 2. The third-order valence-corrected chi connectivity index (χ3v) is 6.72. The summed E-state index contributed by atoms with van der Waals surface area (Å²) in [5.41, 5.74) is 2.80. The zero-order valence-electron chi connectivity index (χ0n) is 17.9. The summed E-state index contributed by atoms with van der Waals surface area (Å²) in [5, 5.41) is 2.79. The van der Waals surface area contributed by atoms with Crippen LogP contribution in [0.1, 0.15) is 30.5 Å². The third kappa shape index (κ3) is 5.12. The van der Waals surface area contributed by atoms with Gasteiger partial charge in [0.05, 0.1) is 17.4 Å². The molecule has 1 heterocycles. The number of carbonyl (C=O) groups is 2. The van der Waals surface area contributed by atoms with Gasteiger partial charge in [0.1, 0.15) is 0 Å². The Kier molecular flexibility index (Phi) is 6.28. The van der Waals surface area contributed by atoms with Crippen LogP contribution in [0.2, 0.25) is 0 Å². The van der Waals surface area contributed by atoms with Gasteiger partial charge in [-0.05, 0) is 53.6 Å². The second-order valence-corrected chi connectivity index (χ2v) is 9.32. The Bertz CT molecular complexity index is 1300. The van der Waals surface area contributed by atoms with Gasteiger partial charge in [-0.2, -0.15) is 0 Å². The molecule has 0 saturated heterocycles. The molecule has 7 nitrogen and oxygen atoms in total. The minimum Gasteiger partial charge on any atom is -0.326 e.